The average molecular weight is 352 g/mol. The van der Waals surface area contributed by atoms with Gasteiger partial charge in [-0.15, -0.1) is 0 Å². The van der Waals surface area contributed by atoms with Gasteiger partial charge in [-0.2, -0.15) is 17.0 Å². The van der Waals surface area contributed by atoms with Crippen molar-refractivity contribution >= 4 is 10.2 Å². The number of piperazine rings is 1. The Morgan fingerprint density at radius 3 is 2.25 bits per heavy atom. The largest absolute Gasteiger partial charge is 0.301 e. The van der Waals surface area contributed by atoms with Gasteiger partial charge in [0.2, 0.25) is 0 Å². The highest BCUT2D eigenvalue weighted by atomic mass is 32.2. The van der Waals surface area contributed by atoms with Crippen molar-refractivity contribution in [3.63, 3.8) is 0 Å². The molecular formula is C18H29N3O2S. The number of hydrogen-bond donors (Lipinski definition) is 0. The first kappa shape index (κ1) is 17.9. The monoisotopic (exact) mass is 351 g/mol. The lowest BCUT2D eigenvalue weighted by atomic mass is 9.78. The summed E-state index contributed by atoms with van der Waals surface area (Å²) in [5.74, 6) is 0.241. The molecule has 6 heteroatoms. The van der Waals surface area contributed by atoms with Crippen molar-refractivity contribution in [1.29, 1.82) is 0 Å². The normalized spacial score (nSPS) is 26.7. The van der Waals surface area contributed by atoms with E-state index in [2.05, 4.69) is 37.8 Å². The van der Waals surface area contributed by atoms with Crippen LogP contribution in [-0.2, 0) is 10.2 Å². The van der Waals surface area contributed by atoms with Crippen molar-refractivity contribution in [2.24, 2.45) is 5.41 Å². The summed E-state index contributed by atoms with van der Waals surface area (Å²) in [7, 11) is -3.37. The van der Waals surface area contributed by atoms with Gasteiger partial charge in [-0.1, -0.05) is 51.1 Å². The molecule has 0 N–H and O–H groups in total. The van der Waals surface area contributed by atoms with Gasteiger partial charge in [0, 0.05) is 45.2 Å². The van der Waals surface area contributed by atoms with E-state index in [0.29, 0.717) is 26.2 Å². The molecule has 0 aliphatic carbocycles. The highest BCUT2D eigenvalue weighted by Gasteiger charge is 2.46. The summed E-state index contributed by atoms with van der Waals surface area (Å²) in [5.41, 5.74) is 1.18. The second-order valence-electron chi connectivity index (χ2n) is 7.59. The molecule has 1 aromatic rings. The first-order valence-corrected chi connectivity index (χ1v) is 10.3. The SMILES string of the molecule is CCN1CCN(S(=O)(=O)N2C[C@H](c3ccccc3)C(C)(C)C2)CC1. The molecule has 0 unspecified atom stereocenters. The molecule has 2 heterocycles. The molecule has 0 amide bonds. The molecule has 0 aromatic heterocycles. The average Bonchev–Trinajstić information content (AvgIpc) is 2.92. The van der Waals surface area contributed by atoms with Gasteiger partial charge in [0.15, 0.2) is 0 Å². The third-order valence-electron chi connectivity index (χ3n) is 5.55. The van der Waals surface area contributed by atoms with Crippen molar-refractivity contribution in [2.45, 2.75) is 26.7 Å². The van der Waals surface area contributed by atoms with E-state index in [1.165, 1.54) is 5.56 Å². The summed E-state index contributed by atoms with van der Waals surface area (Å²) in [6, 6.07) is 10.3. The molecule has 1 aromatic carbocycles. The smallest absolute Gasteiger partial charge is 0.282 e. The van der Waals surface area contributed by atoms with E-state index in [1.54, 1.807) is 8.61 Å². The Kier molecular flexibility index (Phi) is 5.02. The Balaban J connectivity index is 1.76. The maximum Gasteiger partial charge on any atom is 0.282 e. The Labute approximate surface area is 146 Å². The quantitative estimate of drug-likeness (QED) is 0.833. The Hall–Kier alpha value is -0.950. The van der Waals surface area contributed by atoms with Crippen LogP contribution in [-0.4, -0.2) is 67.7 Å². The fourth-order valence-electron chi connectivity index (χ4n) is 3.94. The third-order valence-corrected chi connectivity index (χ3v) is 7.49. The maximum absolute atomic E-state index is 13.1. The van der Waals surface area contributed by atoms with Crippen LogP contribution in [0.1, 0.15) is 32.3 Å². The highest BCUT2D eigenvalue weighted by Crippen LogP contribution is 2.43. The zero-order valence-electron chi connectivity index (χ0n) is 15.0. The first-order chi connectivity index (χ1) is 11.3. The number of hydrogen-bond acceptors (Lipinski definition) is 3. The molecule has 0 radical (unpaired) electrons. The zero-order valence-corrected chi connectivity index (χ0v) is 15.8. The Morgan fingerprint density at radius 1 is 1.04 bits per heavy atom. The lowest BCUT2D eigenvalue weighted by Gasteiger charge is -2.35. The van der Waals surface area contributed by atoms with Crippen molar-refractivity contribution in [1.82, 2.24) is 13.5 Å². The second kappa shape index (κ2) is 6.75. The van der Waals surface area contributed by atoms with Crippen LogP contribution in [0.3, 0.4) is 0 Å². The minimum absolute atomic E-state index is 0.0559. The molecule has 2 aliphatic rings. The molecule has 1 atom stereocenters. The Bertz CT molecular complexity index is 652. The predicted octanol–water partition coefficient (Wildman–Crippen LogP) is 1.99. The van der Waals surface area contributed by atoms with Crippen LogP contribution >= 0.6 is 0 Å². The van der Waals surface area contributed by atoms with Gasteiger partial charge in [0.25, 0.3) is 10.2 Å². The molecule has 134 valence electrons. The summed E-state index contributed by atoms with van der Waals surface area (Å²) >= 11 is 0. The highest BCUT2D eigenvalue weighted by molar-refractivity contribution is 7.86. The summed E-state index contributed by atoms with van der Waals surface area (Å²) < 4.78 is 29.5. The van der Waals surface area contributed by atoms with Gasteiger partial charge < -0.3 is 4.90 Å². The number of rotatable bonds is 4. The van der Waals surface area contributed by atoms with Crippen LogP contribution in [0, 0.1) is 5.41 Å². The lowest BCUT2D eigenvalue weighted by molar-refractivity contribution is 0.189. The van der Waals surface area contributed by atoms with Crippen LogP contribution in [0.25, 0.3) is 0 Å². The van der Waals surface area contributed by atoms with Crippen LogP contribution in [0.15, 0.2) is 30.3 Å². The topological polar surface area (TPSA) is 43.9 Å². The molecule has 24 heavy (non-hydrogen) atoms. The van der Waals surface area contributed by atoms with Gasteiger partial charge in [0.05, 0.1) is 0 Å². The number of nitrogens with zero attached hydrogens (tertiary/aromatic N) is 3. The lowest BCUT2D eigenvalue weighted by Crippen LogP contribution is -2.52. The van der Waals surface area contributed by atoms with Crippen LogP contribution in [0.5, 0.6) is 0 Å². The second-order valence-corrected chi connectivity index (χ2v) is 9.51. The van der Waals surface area contributed by atoms with Gasteiger partial charge in [-0.25, -0.2) is 0 Å². The van der Waals surface area contributed by atoms with Gasteiger partial charge in [-0.3, -0.25) is 0 Å². The van der Waals surface area contributed by atoms with Gasteiger partial charge >= 0.3 is 0 Å². The van der Waals surface area contributed by atoms with Crippen molar-refractivity contribution in [3.05, 3.63) is 35.9 Å². The molecule has 0 saturated carbocycles. The molecular weight excluding hydrogens is 322 g/mol. The molecule has 2 fully saturated rings. The minimum atomic E-state index is -3.37. The van der Waals surface area contributed by atoms with Gasteiger partial charge in [0.1, 0.15) is 0 Å². The van der Waals surface area contributed by atoms with E-state index in [0.717, 1.165) is 19.6 Å². The van der Waals surface area contributed by atoms with Crippen molar-refractivity contribution < 1.29 is 8.42 Å². The van der Waals surface area contributed by atoms with Gasteiger partial charge in [-0.05, 0) is 17.5 Å². The van der Waals surface area contributed by atoms with E-state index < -0.39 is 10.2 Å². The molecule has 0 bridgehead atoms. The summed E-state index contributed by atoms with van der Waals surface area (Å²) in [6.07, 6.45) is 0. The fourth-order valence-corrected chi connectivity index (χ4v) is 5.72. The van der Waals surface area contributed by atoms with E-state index >= 15 is 0 Å². The molecule has 2 aliphatic heterocycles. The Morgan fingerprint density at radius 2 is 1.67 bits per heavy atom. The van der Waals surface area contributed by atoms with E-state index in [-0.39, 0.29) is 11.3 Å². The van der Waals surface area contributed by atoms with Crippen molar-refractivity contribution in [2.75, 3.05) is 45.8 Å². The predicted molar refractivity (Wildman–Crippen MR) is 97.1 cm³/mol. The zero-order chi connectivity index (χ0) is 17.4. The van der Waals surface area contributed by atoms with Crippen LogP contribution in [0.4, 0.5) is 0 Å². The summed E-state index contributed by atoms with van der Waals surface area (Å²) in [5, 5.41) is 0. The molecule has 3 rings (SSSR count). The molecule has 2 saturated heterocycles. The van der Waals surface area contributed by atoms with E-state index in [9.17, 15) is 8.42 Å². The van der Waals surface area contributed by atoms with E-state index in [1.807, 2.05) is 18.2 Å². The third kappa shape index (κ3) is 3.38. The number of benzene rings is 1. The van der Waals surface area contributed by atoms with Crippen LogP contribution in [0.2, 0.25) is 0 Å². The summed E-state index contributed by atoms with van der Waals surface area (Å²) in [6.45, 7) is 11.5. The maximum atomic E-state index is 13.1. The summed E-state index contributed by atoms with van der Waals surface area (Å²) in [4.78, 5) is 2.30. The van der Waals surface area contributed by atoms with E-state index in [4.69, 9.17) is 0 Å². The molecule has 0 spiro atoms. The number of likely N-dealkylation sites (N-methyl/N-ethyl adjacent to an activating group) is 1. The standard InChI is InChI=1S/C18H29N3O2S/c1-4-19-10-12-20(13-11-19)24(22,23)21-14-17(18(2,3)15-21)16-8-6-5-7-9-16/h5-9,17H,4,10-15H2,1-3H3/t17-/m1/s1. The minimum Gasteiger partial charge on any atom is -0.301 e. The molecule has 5 nitrogen and oxygen atoms in total. The van der Waals surface area contributed by atoms with Crippen molar-refractivity contribution in [3.8, 4) is 0 Å². The fraction of sp³-hybridized carbons (Fsp3) is 0.667. The first-order valence-electron chi connectivity index (χ1n) is 8.87. The van der Waals surface area contributed by atoms with Crippen LogP contribution < -0.4 is 0 Å².